The molecule has 0 saturated heterocycles. The molecule has 0 atom stereocenters. The first-order valence-electron chi connectivity index (χ1n) is 7.53. The standard InChI is InChI=1S/C20H17NO2/c1-22-17-10-6-9-15-18(23-2)12-14-11-16(21-20(14)19(15)17)13-7-4-3-5-8-13/h3-12,21H,1-2H3. The van der Waals surface area contributed by atoms with Crippen molar-refractivity contribution in [3.63, 3.8) is 0 Å². The van der Waals surface area contributed by atoms with Crippen LogP contribution in [0.5, 0.6) is 11.5 Å². The highest BCUT2D eigenvalue weighted by Crippen LogP contribution is 2.39. The van der Waals surface area contributed by atoms with Gasteiger partial charge in [0.25, 0.3) is 0 Å². The van der Waals surface area contributed by atoms with Crippen molar-refractivity contribution < 1.29 is 9.47 Å². The van der Waals surface area contributed by atoms with Crippen LogP contribution in [0, 0.1) is 0 Å². The zero-order valence-electron chi connectivity index (χ0n) is 13.1. The first-order valence-corrected chi connectivity index (χ1v) is 7.53. The molecule has 114 valence electrons. The van der Waals surface area contributed by atoms with E-state index in [0.29, 0.717) is 0 Å². The van der Waals surface area contributed by atoms with E-state index in [1.807, 2.05) is 30.3 Å². The van der Waals surface area contributed by atoms with E-state index >= 15 is 0 Å². The molecule has 1 aromatic heterocycles. The summed E-state index contributed by atoms with van der Waals surface area (Å²) in [5.74, 6) is 1.69. The summed E-state index contributed by atoms with van der Waals surface area (Å²) in [4.78, 5) is 3.55. The molecular weight excluding hydrogens is 286 g/mol. The summed E-state index contributed by atoms with van der Waals surface area (Å²) in [5.41, 5.74) is 3.31. The van der Waals surface area contributed by atoms with Crippen LogP contribution in [-0.4, -0.2) is 19.2 Å². The molecule has 0 amide bonds. The maximum Gasteiger partial charge on any atom is 0.128 e. The van der Waals surface area contributed by atoms with Crippen molar-refractivity contribution in [2.24, 2.45) is 0 Å². The summed E-state index contributed by atoms with van der Waals surface area (Å²) in [7, 11) is 3.39. The number of ether oxygens (including phenoxy) is 2. The Morgan fingerprint density at radius 2 is 1.57 bits per heavy atom. The van der Waals surface area contributed by atoms with Gasteiger partial charge >= 0.3 is 0 Å². The van der Waals surface area contributed by atoms with Crippen molar-refractivity contribution in [3.8, 4) is 22.8 Å². The predicted octanol–water partition coefficient (Wildman–Crippen LogP) is 5.01. The molecular formula is C20H17NO2. The Hall–Kier alpha value is -2.94. The third-order valence-corrected chi connectivity index (χ3v) is 4.20. The first-order chi connectivity index (χ1) is 11.3. The third kappa shape index (κ3) is 2.13. The van der Waals surface area contributed by atoms with Crippen LogP contribution >= 0.6 is 0 Å². The van der Waals surface area contributed by atoms with Gasteiger partial charge in [-0.05, 0) is 23.8 Å². The monoisotopic (exact) mass is 303 g/mol. The number of H-pyrrole nitrogens is 1. The summed E-state index contributed by atoms with van der Waals surface area (Å²) in [6, 6.07) is 20.5. The second-order valence-electron chi connectivity index (χ2n) is 5.47. The summed E-state index contributed by atoms with van der Waals surface area (Å²) in [6.07, 6.45) is 0. The molecule has 23 heavy (non-hydrogen) atoms. The molecule has 0 fully saturated rings. The third-order valence-electron chi connectivity index (χ3n) is 4.20. The normalized spacial score (nSPS) is 11.0. The van der Waals surface area contributed by atoms with Crippen LogP contribution < -0.4 is 9.47 Å². The lowest BCUT2D eigenvalue weighted by molar-refractivity contribution is 0.416. The molecule has 4 rings (SSSR count). The van der Waals surface area contributed by atoms with Crippen molar-refractivity contribution in [2.75, 3.05) is 14.2 Å². The highest BCUT2D eigenvalue weighted by Gasteiger charge is 2.14. The summed E-state index contributed by atoms with van der Waals surface area (Å²) >= 11 is 0. The lowest BCUT2D eigenvalue weighted by atomic mass is 10.1. The lowest BCUT2D eigenvalue weighted by Crippen LogP contribution is -1.89. The Labute approximate surface area is 134 Å². The van der Waals surface area contributed by atoms with E-state index in [9.17, 15) is 0 Å². The van der Waals surface area contributed by atoms with Gasteiger partial charge < -0.3 is 14.5 Å². The van der Waals surface area contributed by atoms with E-state index in [1.165, 1.54) is 0 Å². The van der Waals surface area contributed by atoms with Crippen molar-refractivity contribution >= 4 is 21.7 Å². The van der Waals surface area contributed by atoms with Gasteiger partial charge in [0.05, 0.1) is 25.1 Å². The minimum atomic E-state index is 0.841. The van der Waals surface area contributed by atoms with Crippen LogP contribution in [-0.2, 0) is 0 Å². The van der Waals surface area contributed by atoms with E-state index in [1.54, 1.807) is 14.2 Å². The van der Waals surface area contributed by atoms with E-state index in [0.717, 1.165) is 44.4 Å². The summed E-state index contributed by atoms with van der Waals surface area (Å²) < 4.78 is 11.2. The van der Waals surface area contributed by atoms with Crippen molar-refractivity contribution in [1.29, 1.82) is 0 Å². The van der Waals surface area contributed by atoms with Crippen LogP contribution in [0.1, 0.15) is 0 Å². The molecule has 0 aliphatic rings. The molecule has 1 N–H and O–H groups in total. The van der Waals surface area contributed by atoms with Crippen LogP contribution in [0.4, 0.5) is 0 Å². The van der Waals surface area contributed by atoms with E-state index < -0.39 is 0 Å². The van der Waals surface area contributed by atoms with Gasteiger partial charge in [0.2, 0.25) is 0 Å². The molecule has 0 radical (unpaired) electrons. The molecule has 0 saturated carbocycles. The average Bonchev–Trinajstić information content (AvgIpc) is 3.05. The summed E-state index contributed by atoms with van der Waals surface area (Å²) in [5, 5.41) is 3.20. The van der Waals surface area contributed by atoms with Crippen molar-refractivity contribution in [3.05, 3.63) is 60.7 Å². The molecule has 0 aliphatic heterocycles. The Balaban J connectivity index is 2.09. The van der Waals surface area contributed by atoms with E-state index in [4.69, 9.17) is 9.47 Å². The molecule has 0 aliphatic carbocycles. The van der Waals surface area contributed by atoms with Gasteiger partial charge in [0.1, 0.15) is 11.5 Å². The number of benzene rings is 3. The first kappa shape index (κ1) is 13.7. The van der Waals surface area contributed by atoms with Crippen molar-refractivity contribution in [2.45, 2.75) is 0 Å². The molecule has 3 heteroatoms. The highest BCUT2D eigenvalue weighted by atomic mass is 16.5. The molecule has 1 heterocycles. The zero-order chi connectivity index (χ0) is 15.8. The van der Waals surface area contributed by atoms with Crippen LogP contribution in [0.15, 0.2) is 60.7 Å². The number of hydrogen-bond donors (Lipinski definition) is 1. The Bertz CT molecular complexity index is 985. The average molecular weight is 303 g/mol. The maximum absolute atomic E-state index is 5.58. The quantitative estimate of drug-likeness (QED) is 0.577. The Kier molecular flexibility index (Phi) is 3.19. The number of rotatable bonds is 3. The van der Waals surface area contributed by atoms with Gasteiger partial charge in [-0.1, -0.05) is 42.5 Å². The lowest BCUT2D eigenvalue weighted by Gasteiger charge is -2.10. The van der Waals surface area contributed by atoms with Gasteiger partial charge in [0.15, 0.2) is 0 Å². The number of nitrogens with one attached hydrogen (secondary N) is 1. The smallest absolute Gasteiger partial charge is 0.128 e. The van der Waals surface area contributed by atoms with Crippen LogP contribution in [0.2, 0.25) is 0 Å². The van der Waals surface area contributed by atoms with E-state index in [-0.39, 0.29) is 0 Å². The molecule has 0 bridgehead atoms. The fourth-order valence-corrected chi connectivity index (χ4v) is 3.12. The van der Waals surface area contributed by atoms with Crippen molar-refractivity contribution in [1.82, 2.24) is 4.98 Å². The second kappa shape index (κ2) is 5.36. The van der Waals surface area contributed by atoms with Crippen LogP contribution in [0.25, 0.3) is 32.9 Å². The number of hydrogen-bond acceptors (Lipinski definition) is 2. The highest BCUT2D eigenvalue weighted by molar-refractivity contribution is 6.12. The zero-order valence-corrected chi connectivity index (χ0v) is 13.1. The van der Waals surface area contributed by atoms with E-state index in [2.05, 4.69) is 35.3 Å². The summed E-state index contributed by atoms with van der Waals surface area (Å²) in [6.45, 7) is 0. The van der Waals surface area contributed by atoms with Gasteiger partial charge in [-0.15, -0.1) is 0 Å². The molecule has 3 nitrogen and oxygen atoms in total. The Morgan fingerprint density at radius 1 is 0.783 bits per heavy atom. The number of aromatic amines is 1. The van der Waals surface area contributed by atoms with Gasteiger partial charge in [0, 0.05) is 16.5 Å². The van der Waals surface area contributed by atoms with Gasteiger partial charge in [-0.25, -0.2) is 0 Å². The largest absolute Gasteiger partial charge is 0.496 e. The predicted molar refractivity (Wildman–Crippen MR) is 94.3 cm³/mol. The number of aromatic nitrogens is 1. The minimum Gasteiger partial charge on any atom is -0.496 e. The van der Waals surface area contributed by atoms with Gasteiger partial charge in [-0.3, -0.25) is 0 Å². The number of methoxy groups -OCH3 is 2. The van der Waals surface area contributed by atoms with Gasteiger partial charge in [-0.2, -0.15) is 0 Å². The minimum absolute atomic E-state index is 0.841. The molecule has 0 spiro atoms. The fourth-order valence-electron chi connectivity index (χ4n) is 3.12. The molecule has 4 aromatic rings. The van der Waals surface area contributed by atoms with Crippen LogP contribution in [0.3, 0.4) is 0 Å². The fraction of sp³-hybridized carbons (Fsp3) is 0.100. The topological polar surface area (TPSA) is 34.2 Å². The molecule has 3 aromatic carbocycles. The maximum atomic E-state index is 5.58. The number of fused-ring (bicyclic) bond motifs is 3. The second-order valence-corrected chi connectivity index (χ2v) is 5.47. The Morgan fingerprint density at radius 3 is 2.30 bits per heavy atom. The SMILES string of the molecule is COc1cc2cc(-c3ccccc3)[nH]c2c2c(OC)cccc12. The molecule has 0 unspecified atom stereocenters.